The van der Waals surface area contributed by atoms with Crippen LogP contribution in [0.25, 0.3) is 0 Å². The molecule has 0 aliphatic carbocycles. The molecule has 16 heavy (non-hydrogen) atoms. The van der Waals surface area contributed by atoms with Crippen molar-refractivity contribution in [3.05, 3.63) is 22.7 Å². The molecule has 0 saturated carbocycles. The number of rotatable bonds is 4. The summed E-state index contributed by atoms with van der Waals surface area (Å²) >= 11 is 3.16. The summed E-state index contributed by atoms with van der Waals surface area (Å²) in [7, 11) is 1.45. The monoisotopic (exact) mass is 322 g/mol. The quantitative estimate of drug-likeness (QED) is 0.486. The van der Waals surface area contributed by atoms with Crippen LogP contribution in [0.1, 0.15) is 6.42 Å². The Kier molecular flexibility index (Phi) is 4.66. The minimum absolute atomic E-state index is 0.0689. The fraction of sp³-hybridized carbons (Fsp3) is 0.200. The lowest BCUT2D eigenvalue weighted by Gasteiger charge is -2.08. The molecule has 0 unspecified atom stereocenters. The van der Waals surface area contributed by atoms with Crippen molar-refractivity contribution in [2.75, 3.05) is 6.61 Å². The van der Waals surface area contributed by atoms with Gasteiger partial charge in [0.2, 0.25) is 0 Å². The van der Waals surface area contributed by atoms with Crippen LogP contribution in [-0.4, -0.2) is 15.0 Å². The Hall–Kier alpha value is -0.700. The maximum absolute atomic E-state index is 11.3. The highest BCUT2D eigenvalue weighted by Gasteiger charge is 2.17. The fourth-order valence-corrected chi connectivity index (χ4v) is 2.52. The van der Waals surface area contributed by atoms with Crippen LogP contribution < -0.4 is 4.74 Å². The summed E-state index contributed by atoms with van der Waals surface area (Å²) in [5, 5.41) is 0. The Labute approximate surface area is 107 Å². The van der Waals surface area contributed by atoms with Crippen LogP contribution in [0.4, 0.5) is 0 Å². The van der Waals surface area contributed by atoms with E-state index < -0.39 is 9.05 Å². The van der Waals surface area contributed by atoms with E-state index in [1.165, 1.54) is 12.1 Å². The Morgan fingerprint density at radius 2 is 2.19 bits per heavy atom. The summed E-state index contributed by atoms with van der Waals surface area (Å²) in [5.41, 5.74) is 0. The average molecular weight is 324 g/mol. The molecule has 0 aliphatic heterocycles. The number of terminal acetylenes is 1. The van der Waals surface area contributed by atoms with E-state index in [9.17, 15) is 8.42 Å². The summed E-state index contributed by atoms with van der Waals surface area (Å²) in [4.78, 5) is -0.0689. The van der Waals surface area contributed by atoms with Gasteiger partial charge in [0.25, 0.3) is 9.05 Å². The van der Waals surface area contributed by atoms with Crippen LogP contribution in [0.5, 0.6) is 5.75 Å². The smallest absolute Gasteiger partial charge is 0.265 e. The molecule has 86 valence electrons. The first kappa shape index (κ1) is 13.4. The van der Waals surface area contributed by atoms with Crippen molar-refractivity contribution in [3.63, 3.8) is 0 Å². The van der Waals surface area contributed by atoms with Crippen molar-refractivity contribution in [2.24, 2.45) is 0 Å². The number of hydrogen-bond acceptors (Lipinski definition) is 3. The lowest BCUT2D eigenvalue weighted by atomic mass is 10.3. The van der Waals surface area contributed by atoms with Gasteiger partial charge in [-0.1, -0.05) is 15.9 Å². The highest BCUT2D eigenvalue weighted by Crippen LogP contribution is 2.30. The van der Waals surface area contributed by atoms with Crippen molar-refractivity contribution in [2.45, 2.75) is 11.3 Å². The Bertz CT molecular complexity index is 519. The van der Waals surface area contributed by atoms with E-state index in [1.807, 2.05) is 0 Å². The van der Waals surface area contributed by atoms with Gasteiger partial charge in [0, 0.05) is 21.6 Å². The molecule has 0 heterocycles. The maximum atomic E-state index is 11.3. The molecule has 0 spiro atoms. The second-order valence-corrected chi connectivity index (χ2v) is 6.28. The van der Waals surface area contributed by atoms with E-state index in [1.54, 1.807) is 6.07 Å². The molecule has 0 amide bonds. The molecular weight excluding hydrogens is 316 g/mol. The topological polar surface area (TPSA) is 43.4 Å². The third-order valence-corrected chi connectivity index (χ3v) is 3.51. The first-order valence-corrected chi connectivity index (χ1v) is 7.36. The maximum Gasteiger partial charge on any atom is 0.265 e. The second kappa shape index (κ2) is 5.58. The molecule has 0 fully saturated rings. The predicted molar refractivity (Wildman–Crippen MR) is 66.1 cm³/mol. The summed E-state index contributed by atoms with van der Waals surface area (Å²) in [5.74, 6) is 2.59. The zero-order valence-corrected chi connectivity index (χ0v) is 11.3. The van der Waals surface area contributed by atoms with Crippen LogP contribution >= 0.6 is 26.6 Å². The van der Waals surface area contributed by atoms with E-state index in [0.29, 0.717) is 10.9 Å². The summed E-state index contributed by atoms with van der Waals surface area (Å²) in [6.07, 6.45) is 5.46. The van der Waals surface area contributed by atoms with Gasteiger partial charge < -0.3 is 4.74 Å². The van der Waals surface area contributed by atoms with E-state index in [-0.39, 0.29) is 17.3 Å². The van der Waals surface area contributed by atoms with Crippen molar-refractivity contribution in [3.8, 4) is 18.1 Å². The first-order chi connectivity index (χ1) is 7.45. The van der Waals surface area contributed by atoms with E-state index in [4.69, 9.17) is 21.8 Å². The van der Waals surface area contributed by atoms with Gasteiger partial charge in [-0.25, -0.2) is 8.42 Å². The minimum atomic E-state index is -3.83. The second-order valence-electron chi connectivity index (χ2n) is 2.83. The molecule has 0 bridgehead atoms. The van der Waals surface area contributed by atoms with E-state index in [0.717, 1.165) is 0 Å². The van der Waals surface area contributed by atoms with Crippen LogP contribution in [-0.2, 0) is 9.05 Å². The van der Waals surface area contributed by atoms with Gasteiger partial charge in [-0.3, -0.25) is 0 Å². The predicted octanol–water partition coefficient (Wildman–Crippen LogP) is 2.78. The lowest BCUT2D eigenvalue weighted by molar-refractivity contribution is 0.319. The van der Waals surface area contributed by atoms with Gasteiger partial charge in [-0.15, -0.1) is 12.3 Å². The normalized spacial score (nSPS) is 10.8. The molecule has 1 rings (SSSR count). The molecule has 0 radical (unpaired) electrons. The molecular formula is C10H8BrClO3S. The van der Waals surface area contributed by atoms with Crippen molar-refractivity contribution in [1.82, 2.24) is 0 Å². The Morgan fingerprint density at radius 1 is 1.50 bits per heavy atom. The molecule has 1 aromatic rings. The van der Waals surface area contributed by atoms with Crippen LogP contribution in [0.2, 0.25) is 0 Å². The number of ether oxygens (including phenoxy) is 1. The van der Waals surface area contributed by atoms with Gasteiger partial charge >= 0.3 is 0 Å². The minimum Gasteiger partial charge on any atom is -0.491 e. The summed E-state index contributed by atoms with van der Waals surface area (Å²) in [6, 6.07) is 4.57. The number of halogens is 2. The van der Waals surface area contributed by atoms with Crippen molar-refractivity contribution >= 4 is 35.7 Å². The highest BCUT2D eigenvalue weighted by atomic mass is 79.9. The summed E-state index contributed by atoms with van der Waals surface area (Å²) in [6.45, 7) is 0.248. The summed E-state index contributed by atoms with van der Waals surface area (Å²) < 4.78 is 28.4. The average Bonchev–Trinajstić information content (AvgIpc) is 2.19. The molecule has 1 aromatic carbocycles. The fourth-order valence-electron chi connectivity index (χ4n) is 1.01. The molecule has 6 heteroatoms. The zero-order chi connectivity index (χ0) is 12.2. The highest BCUT2D eigenvalue weighted by molar-refractivity contribution is 9.10. The SMILES string of the molecule is C#CCCOc1ccc(Br)cc1S(=O)(=O)Cl. The third kappa shape index (κ3) is 3.71. The molecule has 0 aromatic heterocycles. The Balaban J connectivity index is 3.05. The molecule has 3 nitrogen and oxygen atoms in total. The molecule has 0 atom stereocenters. The molecule has 0 saturated heterocycles. The Morgan fingerprint density at radius 3 is 2.75 bits per heavy atom. The number of hydrogen-bond donors (Lipinski definition) is 0. The van der Waals surface area contributed by atoms with E-state index >= 15 is 0 Å². The van der Waals surface area contributed by atoms with Gasteiger partial charge in [-0.2, -0.15) is 0 Å². The van der Waals surface area contributed by atoms with Gasteiger partial charge in [0.15, 0.2) is 0 Å². The van der Waals surface area contributed by atoms with Crippen LogP contribution in [0.3, 0.4) is 0 Å². The van der Waals surface area contributed by atoms with Gasteiger partial charge in [-0.05, 0) is 18.2 Å². The zero-order valence-electron chi connectivity index (χ0n) is 8.11. The van der Waals surface area contributed by atoms with Crippen molar-refractivity contribution in [1.29, 1.82) is 0 Å². The standard InChI is InChI=1S/C10H8BrClO3S/c1-2-3-6-15-9-5-4-8(11)7-10(9)16(12,13)14/h1,4-5,7H,3,6H2. The van der Waals surface area contributed by atoms with Crippen molar-refractivity contribution < 1.29 is 13.2 Å². The van der Waals surface area contributed by atoms with Gasteiger partial charge in [0.05, 0.1) is 6.61 Å². The molecule has 0 aliphatic rings. The van der Waals surface area contributed by atoms with Crippen LogP contribution in [0.15, 0.2) is 27.6 Å². The lowest BCUT2D eigenvalue weighted by Crippen LogP contribution is -2.01. The van der Waals surface area contributed by atoms with Gasteiger partial charge in [0.1, 0.15) is 10.6 Å². The van der Waals surface area contributed by atoms with Crippen LogP contribution in [0, 0.1) is 12.3 Å². The first-order valence-electron chi connectivity index (χ1n) is 4.25. The molecule has 0 N–H and O–H groups in total. The third-order valence-electron chi connectivity index (χ3n) is 1.67. The van der Waals surface area contributed by atoms with E-state index in [2.05, 4.69) is 21.9 Å². The largest absolute Gasteiger partial charge is 0.491 e. The number of benzene rings is 1.